The molecule has 0 fully saturated rings. The fourth-order valence-corrected chi connectivity index (χ4v) is 3.15. The Hall–Kier alpha value is -0.0800. The van der Waals surface area contributed by atoms with Crippen molar-refractivity contribution in [3.05, 3.63) is 0 Å². The van der Waals surface area contributed by atoms with Gasteiger partial charge in [-0.05, 0) is 32.1 Å². The van der Waals surface area contributed by atoms with E-state index in [1.165, 1.54) is 77.4 Å². The van der Waals surface area contributed by atoms with Gasteiger partial charge in [0, 0.05) is 0 Å². The van der Waals surface area contributed by atoms with Crippen LogP contribution in [-0.2, 0) is 4.84 Å². The van der Waals surface area contributed by atoms with Gasteiger partial charge in [-0.15, -0.1) is 0 Å². The minimum Gasteiger partial charge on any atom is -0.200 e. The van der Waals surface area contributed by atoms with Crippen molar-refractivity contribution in [2.24, 2.45) is 0 Å². The van der Waals surface area contributed by atoms with Gasteiger partial charge in [-0.2, -0.15) is 9.48 Å². The highest BCUT2D eigenvalue weighted by molar-refractivity contribution is 4.57. The maximum Gasteiger partial charge on any atom is 0.117 e. The number of hydrogen-bond donors (Lipinski definition) is 0. The van der Waals surface area contributed by atoms with Gasteiger partial charge in [0.2, 0.25) is 0 Å². The van der Waals surface area contributed by atoms with Gasteiger partial charge in [0.05, 0.1) is 0 Å². The first-order chi connectivity index (χ1) is 9.67. The van der Waals surface area contributed by atoms with Crippen molar-refractivity contribution >= 4 is 0 Å². The molecule has 0 aliphatic carbocycles. The molecule has 0 unspecified atom stereocenters. The van der Waals surface area contributed by atoms with E-state index in [4.69, 9.17) is 4.84 Å². The normalized spacial score (nSPS) is 12.3. The van der Waals surface area contributed by atoms with Crippen molar-refractivity contribution in [3.8, 4) is 0 Å². The van der Waals surface area contributed by atoms with E-state index in [1.54, 1.807) is 0 Å². The fraction of sp³-hybridized carbons (Fsp3) is 1.00. The zero-order chi connectivity index (χ0) is 15.3. The SMILES string of the molecule is CCCCC(CCCC)O[N+](CCC)(CCC)CCC. The van der Waals surface area contributed by atoms with Crippen LogP contribution in [0.15, 0.2) is 0 Å². The van der Waals surface area contributed by atoms with E-state index in [0.29, 0.717) is 6.10 Å². The monoisotopic (exact) mass is 286 g/mol. The Bertz CT molecular complexity index is 181. The topological polar surface area (TPSA) is 9.23 Å². The lowest BCUT2D eigenvalue weighted by Crippen LogP contribution is -2.51. The van der Waals surface area contributed by atoms with Crippen molar-refractivity contribution in [1.82, 2.24) is 0 Å². The Morgan fingerprint density at radius 2 is 1.05 bits per heavy atom. The van der Waals surface area contributed by atoms with Crippen LogP contribution in [0, 0.1) is 0 Å². The van der Waals surface area contributed by atoms with Crippen LogP contribution in [0.25, 0.3) is 0 Å². The van der Waals surface area contributed by atoms with Gasteiger partial charge >= 0.3 is 0 Å². The molecule has 20 heavy (non-hydrogen) atoms. The van der Waals surface area contributed by atoms with Crippen LogP contribution in [0.3, 0.4) is 0 Å². The van der Waals surface area contributed by atoms with Gasteiger partial charge in [0.1, 0.15) is 25.7 Å². The number of unbranched alkanes of at least 4 members (excludes halogenated alkanes) is 2. The van der Waals surface area contributed by atoms with E-state index in [0.717, 1.165) is 4.65 Å². The molecule has 2 nitrogen and oxygen atoms in total. The maximum atomic E-state index is 6.70. The molecule has 0 bridgehead atoms. The fourth-order valence-electron chi connectivity index (χ4n) is 3.15. The Labute approximate surface area is 128 Å². The average molecular weight is 287 g/mol. The molecule has 0 aromatic rings. The van der Waals surface area contributed by atoms with Crippen molar-refractivity contribution in [1.29, 1.82) is 0 Å². The summed E-state index contributed by atoms with van der Waals surface area (Å²) in [6, 6.07) is 0. The van der Waals surface area contributed by atoms with Crippen LogP contribution in [0.2, 0.25) is 0 Å². The Morgan fingerprint density at radius 3 is 1.35 bits per heavy atom. The number of hydrogen-bond acceptors (Lipinski definition) is 1. The smallest absolute Gasteiger partial charge is 0.117 e. The van der Waals surface area contributed by atoms with Crippen LogP contribution in [0.5, 0.6) is 0 Å². The quantitative estimate of drug-likeness (QED) is 0.293. The van der Waals surface area contributed by atoms with Crippen LogP contribution < -0.4 is 0 Å². The molecule has 0 N–H and O–H groups in total. The van der Waals surface area contributed by atoms with Crippen molar-refractivity contribution in [2.45, 2.75) is 98.5 Å². The van der Waals surface area contributed by atoms with Gasteiger partial charge in [-0.25, -0.2) is 0 Å². The molecule has 0 radical (unpaired) electrons. The molecule has 2 heteroatoms. The summed E-state index contributed by atoms with van der Waals surface area (Å²) in [5, 5.41) is 0. The van der Waals surface area contributed by atoms with Gasteiger partial charge in [0.25, 0.3) is 0 Å². The molecule has 0 aliphatic rings. The third-order valence-electron chi connectivity index (χ3n) is 4.03. The molecular formula is C18H40NO+. The third kappa shape index (κ3) is 8.26. The number of rotatable bonds is 14. The molecule has 0 aliphatic heterocycles. The molecule has 0 aromatic carbocycles. The molecule has 0 atom stereocenters. The third-order valence-corrected chi connectivity index (χ3v) is 4.03. The highest BCUT2D eigenvalue weighted by atomic mass is 16.7. The molecular weight excluding hydrogens is 246 g/mol. The summed E-state index contributed by atoms with van der Waals surface area (Å²) in [5.74, 6) is 0. The Kier molecular flexibility index (Phi) is 12.6. The van der Waals surface area contributed by atoms with Crippen molar-refractivity contribution in [2.75, 3.05) is 19.6 Å². The average Bonchev–Trinajstić information content (AvgIpc) is 2.42. The number of nitrogens with zero attached hydrogens (tertiary/aromatic N) is 1. The molecule has 122 valence electrons. The molecule has 0 saturated heterocycles. The Balaban J connectivity index is 4.71. The van der Waals surface area contributed by atoms with E-state index in [1.807, 2.05) is 0 Å². The minimum atomic E-state index is 0.472. The largest absolute Gasteiger partial charge is 0.200 e. The molecule has 0 rings (SSSR count). The summed E-state index contributed by atoms with van der Waals surface area (Å²) in [5.41, 5.74) is 0. The number of quaternary nitrogens is 1. The van der Waals surface area contributed by atoms with Crippen molar-refractivity contribution in [3.63, 3.8) is 0 Å². The van der Waals surface area contributed by atoms with Gasteiger partial charge in [0.15, 0.2) is 0 Å². The van der Waals surface area contributed by atoms with Crippen LogP contribution >= 0.6 is 0 Å². The second kappa shape index (κ2) is 12.6. The highest BCUT2D eigenvalue weighted by Crippen LogP contribution is 2.21. The zero-order valence-electron chi connectivity index (χ0n) is 14.9. The van der Waals surface area contributed by atoms with Crippen LogP contribution in [0.1, 0.15) is 92.4 Å². The standard InChI is InChI=1S/C18H40NO/c1-6-11-13-18(14-12-7-2)20-19(15-8-3,16-9-4)17-10-5/h18H,6-17H2,1-5H3/q+1. The molecule has 0 spiro atoms. The van der Waals surface area contributed by atoms with Crippen molar-refractivity contribution < 1.29 is 9.48 Å². The predicted molar refractivity (Wildman–Crippen MR) is 89.7 cm³/mol. The molecule has 0 amide bonds. The summed E-state index contributed by atoms with van der Waals surface area (Å²) in [6.45, 7) is 15.0. The Morgan fingerprint density at radius 1 is 0.650 bits per heavy atom. The predicted octanol–water partition coefficient (Wildman–Crippen LogP) is 5.71. The first-order valence-electron chi connectivity index (χ1n) is 9.22. The summed E-state index contributed by atoms with van der Waals surface area (Å²) in [4.78, 5) is 6.70. The minimum absolute atomic E-state index is 0.472. The zero-order valence-corrected chi connectivity index (χ0v) is 14.9. The van der Waals surface area contributed by atoms with E-state index in [2.05, 4.69) is 34.6 Å². The molecule has 0 heterocycles. The van der Waals surface area contributed by atoms with E-state index >= 15 is 0 Å². The van der Waals surface area contributed by atoms with Gasteiger partial charge in [-0.3, -0.25) is 0 Å². The van der Waals surface area contributed by atoms with Gasteiger partial charge in [-0.1, -0.05) is 60.3 Å². The second-order valence-electron chi connectivity index (χ2n) is 6.24. The lowest BCUT2D eigenvalue weighted by Gasteiger charge is -2.38. The summed E-state index contributed by atoms with van der Waals surface area (Å²) in [6.07, 6.45) is 11.8. The van der Waals surface area contributed by atoms with E-state index < -0.39 is 0 Å². The van der Waals surface area contributed by atoms with E-state index in [9.17, 15) is 0 Å². The van der Waals surface area contributed by atoms with Crippen LogP contribution in [0.4, 0.5) is 0 Å². The number of hydroxylamine groups is 3. The summed E-state index contributed by atoms with van der Waals surface area (Å²) < 4.78 is 0.904. The summed E-state index contributed by atoms with van der Waals surface area (Å²) in [7, 11) is 0. The van der Waals surface area contributed by atoms with Crippen LogP contribution in [-0.4, -0.2) is 30.4 Å². The molecule has 0 saturated carbocycles. The lowest BCUT2D eigenvalue weighted by atomic mass is 10.1. The lowest BCUT2D eigenvalue weighted by molar-refractivity contribution is -1.11. The van der Waals surface area contributed by atoms with Gasteiger partial charge < -0.3 is 0 Å². The summed E-state index contributed by atoms with van der Waals surface area (Å²) >= 11 is 0. The van der Waals surface area contributed by atoms with E-state index in [-0.39, 0.29) is 0 Å². The molecule has 0 aromatic heterocycles. The second-order valence-corrected chi connectivity index (χ2v) is 6.24. The first kappa shape index (κ1) is 19.9. The maximum absolute atomic E-state index is 6.70. The first-order valence-corrected chi connectivity index (χ1v) is 9.22. The highest BCUT2D eigenvalue weighted by Gasteiger charge is 2.30.